The summed E-state index contributed by atoms with van der Waals surface area (Å²) < 4.78 is 0. The molecule has 1 atom stereocenters. The fraction of sp³-hybridized carbons (Fsp3) is 0.190. The molecule has 3 aromatic rings. The average molecular weight is 302 g/mol. The van der Waals surface area contributed by atoms with Gasteiger partial charge in [-0.15, -0.1) is 0 Å². The molecule has 0 unspecified atom stereocenters. The Morgan fingerprint density at radius 3 is 2.57 bits per heavy atom. The fourth-order valence-electron chi connectivity index (χ4n) is 2.74. The summed E-state index contributed by atoms with van der Waals surface area (Å²) in [5.74, 6) is 0. The lowest BCUT2D eigenvalue weighted by Crippen LogP contribution is -2.18. The van der Waals surface area contributed by atoms with Crippen LogP contribution in [-0.2, 0) is 6.54 Å². The lowest BCUT2D eigenvalue weighted by molar-refractivity contribution is 0.575. The summed E-state index contributed by atoms with van der Waals surface area (Å²) in [6, 6.07) is 21.6. The lowest BCUT2D eigenvalue weighted by atomic mass is 9.99. The molecule has 0 aliphatic heterocycles. The Bertz CT molecular complexity index is 751. The number of nitrogens with zero attached hydrogens (tertiary/aromatic N) is 1. The van der Waals surface area contributed by atoms with Gasteiger partial charge in [0.15, 0.2) is 0 Å². The highest BCUT2D eigenvalue weighted by molar-refractivity contribution is 5.67. The number of aryl methyl sites for hydroxylation is 1. The first-order valence-electron chi connectivity index (χ1n) is 8.02. The number of pyridine rings is 1. The molecule has 0 aliphatic carbocycles. The van der Waals surface area contributed by atoms with Gasteiger partial charge in [-0.05, 0) is 48.2 Å². The zero-order valence-electron chi connectivity index (χ0n) is 13.7. The zero-order chi connectivity index (χ0) is 16.1. The van der Waals surface area contributed by atoms with E-state index in [2.05, 4.69) is 78.7 Å². The van der Waals surface area contributed by atoms with Gasteiger partial charge in [-0.1, -0.05) is 48.5 Å². The molecule has 1 aromatic heterocycles. The molecule has 0 saturated heterocycles. The number of nitrogens with one attached hydrogen (secondary N) is 1. The van der Waals surface area contributed by atoms with Crippen LogP contribution in [0.3, 0.4) is 0 Å². The fourth-order valence-corrected chi connectivity index (χ4v) is 2.74. The third-order valence-electron chi connectivity index (χ3n) is 4.19. The molecule has 0 aliphatic rings. The summed E-state index contributed by atoms with van der Waals surface area (Å²) >= 11 is 0. The second-order valence-corrected chi connectivity index (χ2v) is 5.90. The van der Waals surface area contributed by atoms with Gasteiger partial charge >= 0.3 is 0 Å². The molecule has 2 nitrogen and oxygen atoms in total. The molecule has 0 radical (unpaired) electrons. The van der Waals surface area contributed by atoms with Crippen molar-refractivity contribution in [3.05, 3.63) is 89.7 Å². The van der Waals surface area contributed by atoms with Gasteiger partial charge in [0.05, 0.1) is 0 Å². The van der Waals surface area contributed by atoms with Gasteiger partial charge in [0.25, 0.3) is 0 Å². The van der Waals surface area contributed by atoms with Crippen molar-refractivity contribution in [2.24, 2.45) is 0 Å². The van der Waals surface area contributed by atoms with Gasteiger partial charge in [-0.2, -0.15) is 0 Å². The van der Waals surface area contributed by atoms with Crippen LogP contribution in [0.5, 0.6) is 0 Å². The SMILES string of the molecule is Cc1ccc(CN[C@H](C)c2ccccc2)cc1-c1cccnc1. The predicted molar refractivity (Wildman–Crippen MR) is 96.1 cm³/mol. The van der Waals surface area contributed by atoms with E-state index >= 15 is 0 Å². The van der Waals surface area contributed by atoms with Crippen molar-refractivity contribution in [3.63, 3.8) is 0 Å². The third-order valence-corrected chi connectivity index (χ3v) is 4.19. The van der Waals surface area contributed by atoms with E-state index in [9.17, 15) is 0 Å². The maximum atomic E-state index is 4.23. The van der Waals surface area contributed by atoms with Crippen LogP contribution in [0.4, 0.5) is 0 Å². The summed E-state index contributed by atoms with van der Waals surface area (Å²) in [4.78, 5) is 4.23. The van der Waals surface area contributed by atoms with Gasteiger partial charge in [-0.3, -0.25) is 4.98 Å². The van der Waals surface area contributed by atoms with Crippen molar-refractivity contribution in [3.8, 4) is 11.1 Å². The highest BCUT2D eigenvalue weighted by Crippen LogP contribution is 2.24. The van der Waals surface area contributed by atoms with E-state index in [1.165, 1.54) is 27.8 Å². The smallest absolute Gasteiger partial charge is 0.0346 e. The van der Waals surface area contributed by atoms with Crippen LogP contribution in [0, 0.1) is 6.92 Å². The highest BCUT2D eigenvalue weighted by atomic mass is 14.9. The molecule has 1 heterocycles. The monoisotopic (exact) mass is 302 g/mol. The first-order valence-corrected chi connectivity index (χ1v) is 8.02. The van der Waals surface area contributed by atoms with E-state index in [1.807, 2.05) is 18.5 Å². The quantitative estimate of drug-likeness (QED) is 0.724. The molecular weight excluding hydrogens is 280 g/mol. The normalized spacial score (nSPS) is 12.1. The van der Waals surface area contributed by atoms with Crippen molar-refractivity contribution >= 4 is 0 Å². The molecule has 0 spiro atoms. The number of benzene rings is 2. The number of hydrogen-bond donors (Lipinski definition) is 1. The summed E-state index contributed by atoms with van der Waals surface area (Å²) in [6.07, 6.45) is 3.73. The molecule has 2 aromatic carbocycles. The average Bonchev–Trinajstić information content (AvgIpc) is 2.62. The second kappa shape index (κ2) is 7.21. The van der Waals surface area contributed by atoms with Crippen molar-refractivity contribution in [2.75, 3.05) is 0 Å². The molecular formula is C21H22N2. The third kappa shape index (κ3) is 3.85. The number of hydrogen-bond acceptors (Lipinski definition) is 2. The molecule has 0 saturated carbocycles. The molecule has 23 heavy (non-hydrogen) atoms. The minimum Gasteiger partial charge on any atom is -0.306 e. The minimum atomic E-state index is 0.333. The van der Waals surface area contributed by atoms with Gasteiger partial charge < -0.3 is 5.32 Å². The van der Waals surface area contributed by atoms with Crippen molar-refractivity contribution in [1.29, 1.82) is 0 Å². The second-order valence-electron chi connectivity index (χ2n) is 5.90. The molecule has 0 fully saturated rings. The first kappa shape index (κ1) is 15.4. The van der Waals surface area contributed by atoms with E-state index in [1.54, 1.807) is 0 Å². The zero-order valence-corrected chi connectivity index (χ0v) is 13.7. The largest absolute Gasteiger partial charge is 0.306 e. The first-order chi connectivity index (χ1) is 11.2. The van der Waals surface area contributed by atoms with E-state index in [-0.39, 0.29) is 0 Å². The lowest BCUT2D eigenvalue weighted by Gasteiger charge is -2.15. The van der Waals surface area contributed by atoms with Gasteiger partial charge in [0, 0.05) is 30.5 Å². The minimum absolute atomic E-state index is 0.333. The van der Waals surface area contributed by atoms with Crippen molar-refractivity contribution in [2.45, 2.75) is 26.4 Å². The molecule has 116 valence electrons. The summed E-state index contributed by atoms with van der Waals surface area (Å²) in [5.41, 5.74) is 6.30. The van der Waals surface area contributed by atoms with Crippen LogP contribution < -0.4 is 5.32 Å². The van der Waals surface area contributed by atoms with Crippen molar-refractivity contribution in [1.82, 2.24) is 10.3 Å². The Kier molecular flexibility index (Phi) is 4.84. The van der Waals surface area contributed by atoms with Crippen LogP contribution in [0.2, 0.25) is 0 Å². The topological polar surface area (TPSA) is 24.9 Å². The Morgan fingerprint density at radius 1 is 1.00 bits per heavy atom. The van der Waals surface area contributed by atoms with E-state index in [0.717, 1.165) is 6.54 Å². The molecule has 3 rings (SSSR count). The Morgan fingerprint density at radius 2 is 1.83 bits per heavy atom. The molecule has 0 amide bonds. The summed E-state index contributed by atoms with van der Waals surface area (Å²) in [6.45, 7) is 5.20. The van der Waals surface area contributed by atoms with Crippen molar-refractivity contribution < 1.29 is 0 Å². The Labute approximate surface area is 138 Å². The number of rotatable bonds is 5. The van der Waals surface area contributed by atoms with Crippen LogP contribution in [0.1, 0.15) is 29.7 Å². The van der Waals surface area contributed by atoms with E-state index in [0.29, 0.717) is 6.04 Å². The standard InChI is InChI=1S/C21H22N2/c1-16-10-11-18(13-21(16)20-9-6-12-22-15-20)14-23-17(2)19-7-4-3-5-8-19/h3-13,15,17,23H,14H2,1-2H3/t17-/m1/s1. The Balaban J connectivity index is 1.74. The van der Waals surface area contributed by atoms with Crippen LogP contribution in [0.25, 0.3) is 11.1 Å². The molecule has 2 heteroatoms. The summed E-state index contributed by atoms with van der Waals surface area (Å²) in [7, 11) is 0. The van der Waals surface area contributed by atoms with Crippen LogP contribution in [-0.4, -0.2) is 4.98 Å². The van der Waals surface area contributed by atoms with E-state index in [4.69, 9.17) is 0 Å². The van der Waals surface area contributed by atoms with Gasteiger partial charge in [0.1, 0.15) is 0 Å². The van der Waals surface area contributed by atoms with E-state index < -0.39 is 0 Å². The predicted octanol–water partition coefficient (Wildman–Crippen LogP) is 4.91. The van der Waals surface area contributed by atoms with Crippen LogP contribution >= 0.6 is 0 Å². The molecule has 1 N–H and O–H groups in total. The van der Waals surface area contributed by atoms with Crippen LogP contribution in [0.15, 0.2) is 73.1 Å². The maximum Gasteiger partial charge on any atom is 0.0346 e. The van der Waals surface area contributed by atoms with Gasteiger partial charge in [-0.25, -0.2) is 0 Å². The highest BCUT2D eigenvalue weighted by Gasteiger charge is 2.06. The summed E-state index contributed by atoms with van der Waals surface area (Å²) in [5, 5.41) is 3.60. The van der Waals surface area contributed by atoms with Gasteiger partial charge in [0.2, 0.25) is 0 Å². The molecule has 0 bridgehead atoms. The Hall–Kier alpha value is -2.45. The maximum absolute atomic E-state index is 4.23. The number of aromatic nitrogens is 1.